The molecule has 0 saturated heterocycles. The van der Waals surface area contributed by atoms with Crippen LogP contribution in [-0.4, -0.2) is 0 Å². The molecule has 0 spiro atoms. The molecule has 0 aromatic carbocycles. The fraction of sp³-hybridized carbons (Fsp3) is 0. The largest absolute Gasteiger partial charge is 1.00 e. The zero-order valence-corrected chi connectivity index (χ0v) is 3.43. The summed E-state index contributed by atoms with van der Waals surface area (Å²) in [5.41, 5.74) is 0. The molecular weight excluding hydrogens is 153 g/mol. The number of nitrogens with zero attached hydrogens (tertiary/aromatic N) is 1. The Balaban J connectivity index is -0.00000000500. The van der Waals surface area contributed by atoms with Crippen molar-refractivity contribution in [2.75, 3.05) is 0 Å². The van der Waals surface area contributed by atoms with Crippen LogP contribution in [0, 0.1) is 11.8 Å². The zero-order valence-electron chi connectivity index (χ0n) is 1.55. The van der Waals surface area contributed by atoms with Gasteiger partial charge in [-0.25, -0.2) is 0 Å². The van der Waals surface area contributed by atoms with E-state index in [1.54, 1.807) is 0 Å². The second-order valence-corrected chi connectivity index (χ2v) is 0. The van der Waals surface area contributed by atoms with Crippen molar-refractivity contribution < 1.29 is 34.1 Å². The summed E-state index contributed by atoms with van der Waals surface area (Å²) in [6.07, 6.45) is 0. The van der Waals surface area contributed by atoms with Gasteiger partial charge in [0.05, 0.1) is 0 Å². The molecular formula is CCu2N+. The Morgan fingerprint density at radius 3 is 1.00 bits per heavy atom. The van der Waals surface area contributed by atoms with Gasteiger partial charge >= 0.3 is 34.1 Å². The smallest absolute Gasteiger partial charge is 0.512 e. The minimum Gasteiger partial charge on any atom is -0.512 e. The van der Waals surface area contributed by atoms with E-state index in [4.69, 9.17) is 11.8 Å². The van der Waals surface area contributed by atoms with E-state index in [1.165, 1.54) is 0 Å². The van der Waals surface area contributed by atoms with Crippen LogP contribution in [0.2, 0.25) is 0 Å². The summed E-state index contributed by atoms with van der Waals surface area (Å²) in [6.45, 7) is 4.75. The van der Waals surface area contributed by atoms with Gasteiger partial charge in [-0.3, -0.25) is 0 Å². The van der Waals surface area contributed by atoms with Crippen molar-refractivity contribution in [2.24, 2.45) is 0 Å². The van der Waals surface area contributed by atoms with Gasteiger partial charge in [0.15, 0.2) is 0 Å². The monoisotopic (exact) mass is 152 g/mol. The summed E-state index contributed by atoms with van der Waals surface area (Å²) in [7, 11) is 0. The normalized spacial score (nSPS) is 0.500. The fourth-order valence-corrected chi connectivity index (χ4v) is 0. The molecule has 30 valence electrons. The molecule has 0 fully saturated rings. The quantitative estimate of drug-likeness (QED) is 0.357. The molecule has 0 saturated carbocycles. The van der Waals surface area contributed by atoms with Crippen molar-refractivity contribution in [3.63, 3.8) is 0 Å². The van der Waals surface area contributed by atoms with E-state index in [9.17, 15) is 0 Å². The molecule has 3 heteroatoms. The summed E-state index contributed by atoms with van der Waals surface area (Å²) < 4.78 is 0. The molecule has 1 nitrogen and oxygen atoms in total. The molecule has 0 aliphatic rings. The molecule has 0 radical (unpaired) electrons. The predicted molar refractivity (Wildman–Crippen MR) is 4.97 cm³/mol. The molecule has 0 N–H and O–H groups in total. The van der Waals surface area contributed by atoms with E-state index in [2.05, 4.69) is 0 Å². The van der Waals surface area contributed by atoms with Gasteiger partial charge in [-0.15, -0.1) is 0 Å². The van der Waals surface area contributed by atoms with Crippen LogP contribution >= 0.6 is 0 Å². The molecule has 0 amide bonds. The van der Waals surface area contributed by atoms with Crippen LogP contribution in [0.3, 0.4) is 0 Å². The number of hydrogen-bond donors (Lipinski definition) is 0. The Morgan fingerprint density at radius 1 is 1.00 bits per heavy atom. The first-order chi connectivity index (χ1) is 1.00. The standard InChI is InChI=1S/CN.2Cu/c1-2;;/q-1;2*+1. The first kappa shape index (κ1) is 24.1. The van der Waals surface area contributed by atoms with E-state index >= 15 is 0 Å². The van der Waals surface area contributed by atoms with E-state index in [0.29, 0.717) is 0 Å². The second-order valence-electron chi connectivity index (χ2n) is 0. The SMILES string of the molecule is [C-]#N.[Cu+].[Cu+]. The average Bonchev–Trinajstić information content (AvgIpc) is 1.00. The van der Waals surface area contributed by atoms with Crippen LogP contribution in [0.5, 0.6) is 0 Å². The van der Waals surface area contributed by atoms with Crippen LogP contribution < -0.4 is 0 Å². The predicted octanol–water partition coefficient (Wildman–Crippen LogP) is 0.0914. The van der Waals surface area contributed by atoms with Gasteiger partial charge in [0.2, 0.25) is 0 Å². The van der Waals surface area contributed by atoms with Crippen LogP contribution in [0.4, 0.5) is 0 Å². The minimum atomic E-state index is 0. The molecule has 0 unspecified atom stereocenters. The Bertz CT molecular complexity index is 10.8. The van der Waals surface area contributed by atoms with Crippen molar-refractivity contribution in [1.29, 1.82) is 5.26 Å². The van der Waals surface area contributed by atoms with E-state index in [0.717, 1.165) is 0 Å². The van der Waals surface area contributed by atoms with Crippen molar-refractivity contribution in [3.8, 4) is 0 Å². The molecule has 0 atom stereocenters. The molecule has 0 aliphatic carbocycles. The van der Waals surface area contributed by atoms with E-state index in [-0.39, 0.29) is 34.1 Å². The Kier molecular flexibility index (Phi) is 487. The fourth-order valence-electron chi connectivity index (χ4n) is 0. The summed E-state index contributed by atoms with van der Waals surface area (Å²) in [5.74, 6) is 0. The van der Waals surface area contributed by atoms with Crippen LogP contribution in [0.1, 0.15) is 0 Å². The first-order valence-corrected chi connectivity index (χ1v) is 0.224. The maximum absolute atomic E-state index is 6.25. The van der Waals surface area contributed by atoms with Gasteiger partial charge in [-0.1, -0.05) is 0 Å². The van der Waals surface area contributed by atoms with Crippen LogP contribution in [0.25, 0.3) is 0 Å². The third kappa shape index (κ3) is 21.1. The van der Waals surface area contributed by atoms with Gasteiger partial charge in [0.1, 0.15) is 0 Å². The van der Waals surface area contributed by atoms with Crippen molar-refractivity contribution in [2.45, 2.75) is 0 Å². The second kappa shape index (κ2) is 80.7. The van der Waals surface area contributed by atoms with Gasteiger partial charge in [0.25, 0.3) is 0 Å². The summed E-state index contributed by atoms with van der Waals surface area (Å²) in [4.78, 5) is 0. The summed E-state index contributed by atoms with van der Waals surface area (Å²) in [5, 5.41) is 6.25. The maximum atomic E-state index is 6.25. The summed E-state index contributed by atoms with van der Waals surface area (Å²) in [6, 6.07) is 0. The molecule has 0 bridgehead atoms. The molecule has 0 aromatic rings. The average molecular weight is 153 g/mol. The van der Waals surface area contributed by atoms with Crippen LogP contribution in [0.15, 0.2) is 0 Å². The van der Waals surface area contributed by atoms with Gasteiger partial charge in [0, 0.05) is 0 Å². The minimum absolute atomic E-state index is 0. The maximum Gasteiger partial charge on any atom is 1.00 e. The van der Waals surface area contributed by atoms with Gasteiger partial charge in [-0.2, -0.15) is 0 Å². The van der Waals surface area contributed by atoms with Gasteiger partial charge in [-0.05, 0) is 0 Å². The Hall–Kier alpha value is 0.529. The Morgan fingerprint density at radius 2 is 1.00 bits per heavy atom. The molecule has 0 heterocycles. The molecule has 0 aliphatic heterocycles. The third-order valence-corrected chi connectivity index (χ3v) is 0. The number of hydrogen-bond acceptors (Lipinski definition) is 1. The first-order valence-electron chi connectivity index (χ1n) is 0.224. The topological polar surface area (TPSA) is 23.8 Å². The van der Waals surface area contributed by atoms with Gasteiger partial charge < -0.3 is 11.8 Å². The Labute approximate surface area is 46.3 Å². The summed E-state index contributed by atoms with van der Waals surface area (Å²) >= 11 is 0. The van der Waals surface area contributed by atoms with E-state index in [1.807, 2.05) is 0 Å². The van der Waals surface area contributed by atoms with Crippen molar-refractivity contribution >= 4 is 0 Å². The van der Waals surface area contributed by atoms with Crippen molar-refractivity contribution in [3.05, 3.63) is 6.57 Å². The van der Waals surface area contributed by atoms with Crippen LogP contribution in [-0.2, 0) is 34.1 Å². The molecule has 0 rings (SSSR count). The van der Waals surface area contributed by atoms with E-state index < -0.39 is 0 Å². The number of rotatable bonds is 0. The van der Waals surface area contributed by atoms with Crippen molar-refractivity contribution in [1.82, 2.24) is 0 Å². The zero-order chi connectivity index (χ0) is 2.00. The molecule has 0 aromatic heterocycles. The third-order valence-electron chi connectivity index (χ3n) is 0. The molecule has 4 heavy (non-hydrogen) atoms.